The molecule has 3 heteroatoms. The van der Waals surface area contributed by atoms with Crippen LogP contribution in [0.5, 0.6) is 0 Å². The lowest BCUT2D eigenvalue weighted by atomic mass is 10.5. The summed E-state index contributed by atoms with van der Waals surface area (Å²) in [5.41, 5.74) is 0. The molecule has 0 N–H and O–H groups in total. The average molecular weight is 116 g/mol. The molecule has 0 amide bonds. The number of nitrogens with zero attached hydrogens (tertiary/aromatic N) is 1. The number of hydrogen-bond acceptors (Lipinski definition) is 2. The van der Waals surface area contributed by atoms with E-state index in [0.717, 1.165) is 0 Å². The minimum absolute atomic E-state index is 0.0170. The van der Waals surface area contributed by atoms with E-state index in [-0.39, 0.29) is 16.9 Å². The molecule has 0 aromatic rings. The van der Waals surface area contributed by atoms with Gasteiger partial charge in [0.05, 0.1) is 0 Å². The van der Waals surface area contributed by atoms with Gasteiger partial charge in [0.15, 0.2) is 5.75 Å². The summed E-state index contributed by atoms with van der Waals surface area (Å²) < 4.78 is 3.87. The maximum atomic E-state index is 10.3. The fraction of sp³-hybridized carbons (Fsp3) is 0.500. The van der Waals surface area contributed by atoms with E-state index in [2.05, 4.69) is 4.40 Å². The van der Waals surface area contributed by atoms with Crippen molar-refractivity contribution < 1.29 is 4.79 Å². The standard InChI is InChI=1S/C4H6NOS/c1-7-3-4(6)2-5-7/h2H,3H2,1H3/q+1. The van der Waals surface area contributed by atoms with Gasteiger partial charge in [-0.15, -0.1) is 0 Å². The normalized spacial score (nSPS) is 29.3. The molecule has 0 saturated heterocycles. The van der Waals surface area contributed by atoms with Crippen molar-refractivity contribution in [2.75, 3.05) is 12.0 Å². The predicted molar refractivity (Wildman–Crippen MR) is 31.7 cm³/mol. The van der Waals surface area contributed by atoms with Crippen LogP contribution in [0.1, 0.15) is 0 Å². The molecular weight excluding hydrogens is 110 g/mol. The van der Waals surface area contributed by atoms with Crippen molar-refractivity contribution in [2.24, 2.45) is 4.40 Å². The molecule has 1 atom stereocenters. The second-order valence-electron chi connectivity index (χ2n) is 1.45. The van der Waals surface area contributed by atoms with Crippen molar-refractivity contribution in [2.45, 2.75) is 0 Å². The highest BCUT2D eigenvalue weighted by molar-refractivity contribution is 7.96. The Morgan fingerprint density at radius 2 is 2.71 bits per heavy atom. The zero-order valence-corrected chi connectivity index (χ0v) is 4.86. The van der Waals surface area contributed by atoms with Crippen LogP contribution in [0.25, 0.3) is 0 Å². The first-order valence-electron chi connectivity index (χ1n) is 1.98. The topological polar surface area (TPSA) is 29.4 Å². The Bertz CT molecular complexity index is 121. The number of hydrogen-bond donors (Lipinski definition) is 0. The summed E-state index contributed by atoms with van der Waals surface area (Å²) in [5.74, 6) is 0.811. The van der Waals surface area contributed by atoms with Crippen molar-refractivity contribution in [3.05, 3.63) is 0 Å². The molecule has 1 rings (SSSR count). The van der Waals surface area contributed by atoms with Crippen LogP contribution in [0, 0.1) is 0 Å². The summed E-state index contributed by atoms with van der Waals surface area (Å²) in [6.07, 6.45) is 3.38. The van der Waals surface area contributed by atoms with E-state index in [1.165, 1.54) is 6.21 Å². The Kier molecular flexibility index (Phi) is 1.15. The van der Waals surface area contributed by atoms with Gasteiger partial charge in [-0.2, -0.15) is 0 Å². The third kappa shape index (κ3) is 1.03. The van der Waals surface area contributed by atoms with E-state index in [9.17, 15) is 4.79 Å². The third-order valence-corrected chi connectivity index (χ3v) is 1.90. The van der Waals surface area contributed by atoms with E-state index in [4.69, 9.17) is 0 Å². The largest absolute Gasteiger partial charge is 0.287 e. The second kappa shape index (κ2) is 1.66. The van der Waals surface area contributed by atoms with Crippen molar-refractivity contribution in [3.63, 3.8) is 0 Å². The van der Waals surface area contributed by atoms with Crippen molar-refractivity contribution in [1.29, 1.82) is 0 Å². The van der Waals surface area contributed by atoms with Crippen molar-refractivity contribution in [1.82, 2.24) is 0 Å². The Morgan fingerprint density at radius 1 is 2.00 bits per heavy atom. The van der Waals surface area contributed by atoms with Crippen LogP contribution in [0.3, 0.4) is 0 Å². The summed E-state index contributed by atoms with van der Waals surface area (Å²) in [6.45, 7) is 0. The van der Waals surface area contributed by atoms with Crippen LogP contribution in [0.2, 0.25) is 0 Å². The number of Topliss-reactive ketones (excluding diaryl/α,β-unsaturated/α-hetero) is 1. The number of carbonyl (C=O) groups is 1. The van der Waals surface area contributed by atoms with Gasteiger partial charge in [-0.25, -0.2) is 0 Å². The van der Waals surface area contributed by atoms with Crippen LogP contribution >= 0.6 is 0 Å². The molecule has 38 valence electrons. The Morgan fingerprint density at radius 3 is 2.86 bits per heavy atom. The zero-order valence-electron chi connectivity index (χ0n) is 4.05. The second-order valence-corrected chi connectivity index (χ2v) is 3.15. The maximum Gasteiger partial charge on any atom is 0.229 e. The first-order valence-corrected chi connectivity index (χ1v) is 3.74. The summed E-state index contributed by atoms with van der Waals surface area (Å²) >= 11 is 0.0170. The fourth-order valence-corrected chi connectivity index (χ4v) is 1.29. The van der Waals surface area contributed by atoms with Crippen molar-refractivity contribution in [3.8, 4) is 0 Å². The van der Waals surface area contributed by atoms with Crippen LogP contribution in [-0.4, -0.2) is 24.0 Å². The fourth-order valence-electron chi connectivity index (χ4n) is 0.429. The molecule has 1 aliphatic heterocycles. The van der Waals surface area contributed by atoms with Gasteiger partial charge in [0.1, 0.15) is 23.6 Å². The smallest absolute Gasteiger partial charge is 0.229 e. The maximum absolute atomic E-state index is 10.3. The molecule has 1 unspecified atom stereocenters. The Labute approximate surface area is 45.1 Å². The highest BCUT2D eigenvalue weighted by atomic mass is 32.2. The highest BCUT2D eigenvalue weighted by Gasteiger charge is 2.21. The SMILES string of the molecule is C[S+]1CC(=O)C=N1. The first-order chi connectivity index (χ1) is 3.29. The molecule has 1 aliphatic rings. The molecule has 0 bridgehead atoms. The molecule has 0 spiro atoms. The number of rotatable bonds is 0. The van der Waals surface area contributed by atoms with E-state index < -0.39 is 0 Å². The van der Waals surface area contributed by atoms with Crippen molar-refractivity contribution >= 4 is 23.1 Å². The quantitative estimate of drug-likeness (QED) is 0.403. The van der Waals surface area contributed by atoms with Gasteiger partial charge in [-0.1, -0.05) is 4.40 Å². The Hall–Kier alpha value is -0.310. The molecule has 0 aromatic carbocycles. The first kappa shape index (κ1) is 4.84. The van der Waals surface area contributed by atoms with Gasteiger partial charge < -0.3 is 0 Å². The lowest BCUT2D eigenvalue weighted by Gasteiger charge is -1.75. The van der Waals surface area contributed by atoms with Gasteiger partial charge in [0, 0.05) is 0 Å². The summed E-state index contributed by atoms with van der Waals surface area (Å²) in [4.78, 5) is 10.3. The van der Waals surface area contributed by atoms with Gasteiger partial charge in [-0.3, -0.25) is 4.79 Å². The molecule has 0 fully saturated rings. The van der Waals surface area contributed by atoms with Gasteiger partial charge in [0.2, 0.25) is 5.78 Å². The Balaban J connectivity index is 2.58. The third-order valence-electron chi connectivity index (χ3n) is 0.728. The van der Waals surface area contributed by atoms with Gasteiger partial charge in [0.25, 0.3) is 0 Å². The lowest BCUT2D eigenvalue weighted by Crippen LogP contribution is -2.03. The molecule has 0 saturated carbocycles. The van der Waals surface area contributed by atoms with Crippen LogP contribution < -0.4 is 0 Å². The predicted octanol–water partition coefficient (Wildman–Crippen LogP) is -0.197. The van der Waals surface area contributed by atoms with Gasteiger partial charge >= 0.3 is 0 Å². The van der Waals surface area contributed by atoms with E-state index in [0.29, 0.717) is 5.75 Å². The monoisotopic (exact) mass is 116 g/mol. The molecular formula is C4H6NOS+. The van der Waals surface area contributed by atoms with Crippen LogP contribution in [-0.2, 0) is 15.9 Å². The summed E-state index contributed by atoms with van der Waals surface area (Å²) in [5, 5.41) is 0. The van der Waals surface area contributed by atoms with E-state index in [1.54, 1.807) is 0 Å². The van der Waals surface area contributed by atoms with Gasteiger partial charge in [-0.05, 0) is 0 Å². The average Bonchev–Trinajstić information content (AvgIpc) is 1.87. The molecule has 0 aromatic heterocycles. The lowest BCUT2D eigenvalue weighted by molar-refractivity contribution is -0.110. The summed E-state index contributed by atoms with van der Waals surface area (Å²) in [6, 6.07) is 0. The molecule has 7 heavy (non-hydrogen) atoms. The minimum Gasteiger partial charge on any atom is -0.287 e. The van der Waals surface area contributed by atoms with Crippen LogP contribution in [0.4, 0.5) is 0 Å². The highest BCUT2D eigenvalue weighted by Crippen LogP contribution is 1.97. The molecule has 0 aliphatic carbocycles. The number of ketones is 1. The zero-order chi connectivity index (χ0) is 5.28. The van der Waals surface area contributed by atoms with E-state index >= 15 is 0 Å². The molecule has 2 nitrogen and oxygen atoms in total. The molecule has 0 radical (unpaired) electrons. The number of carbonyl (C=O) groups excluding carboxylic acids is 1. The van der Waals surface area contributed by atoms with Crippen LogP contribution in [0.15, 0.2) is 4.40 Å². The van der Waals surface area contributed by atoms with E-state index in [1.807, 2.05) is 6.26 Å². The summed E-state index contributed by atoms with van der Waals surface area (Å²) in [7, 11) is 0. The molecule has 1 heterocycles. The minimum atomic E-state index is 0.0170.